The van der Waals surface area contributed by atoms with Gasteiger partial charge in [0, 0.05) is 19.3 Å². The number of aromatic nitrogens is 5. The maximum Gasteiger partial charge on any atom is 0.329 e. The second-order valence-electron chi connectivity index (χ2n) is 6.35. The van der Waals surface area contributed by atoms with Crippen molar-refractivity contribution in [2.45, 2.75) is 17.8 Å². The van der Waals surface area contributed by atoms with Gasteiger partial charge in [-0.2, -0.15) is 0 Å². The first-order chi connectivity index (χ1) is 12.9. The highest BCUT2D eigenvalue weighted by atomic mass is 79.9. The lowest BCUT2D eigenvalue weighted by atomic mass is 10.2. The zero-order valence-corrected chi connectivity index (χ0v) is 17.8. The first-order valence-corrected chi connectivity index (χ1v) is 10.9. The fraction of sp³-hybridized carbons (Fsp3) is 0.294. The van der Waals surface area contributed by atoms with E-state index in [-0.39, 0.29) is 5.92 Å². The fourth-order valence-electron chi connectivity index (χ4n) is 2.87. The van der Waals surface area contributed by atoms with Gasteiger partial charge >= 0.3 is 5.69 Å². The molecular formula is C17H16BrN5O2S2. The summed E-state index contributed by atoms with van der Waals surface area (Å²) in [7, 11) is 1.59. The molecule has 4 rings (SSSR count). The number of imidazole rings is 1. The maximum absolute atomic E-state index is 12.3. The lowest BCUT2D eigenvalue weighted by Gasteiger charge is -2.12. The highest BCUT2D eigenvalue weighted by Gasteiger charge is 2.18. The summed E-state index contributed by atoms with van der Waals surface area (Å²) < 4.78 is 5.93. The van der Waals surface area contributed by atoms with Gasteiger partial charge in [0.05, 0.1) is 10.2 Å². The van der Waals surface area contributed by atoms with E-state index < -0.39 is 11.2 Å². The van der Waals surface area contributed by atoms with Gasteiger partial charge in [-0.05, 0) is 34.0 Å². The number of benzene rings is 1. The maximum atomic E-state index is 12.3. The molecule has 10 heteroatoms. The molecule has 0 saturated heterocycles. The van der Waals surface area contributed by atoms with Gasteiger partial charge in [-0.1, -0.05) is 30.8 Å². The number of thiazole rings is 1. The van der Waals surface area contributed by atoms with Crippen molar-refractivity contribution in [1.82, 2.24) is 24.1 Å². The number of nitrogens with one attached hydrogen (secondary N) is 1. The Balaban J connectivity index is 1.55. The highest BCUT2D eigenvalue weighted by molar-refractivity contribution is 9.10. The molecule has 0 fully saturated rings. The predicted molar refractivity (Wildman–Crippen MR) is 113 cm³/mol. The van der Waals surface area contributed by atoms with E-state index in [0.29, 0.717) is 22.4 Å². The minimum atomic E-state index is -0.468. The number of thioether (sulfide) groups is 1. The van der Waals surface area contributed by atoms with Crippen LogP contribution in [0, 0.1) is 5.92 Å². The topological polar surface area (TPSA) is 85.6 Å². The van der Waals surface area contributed by atoms with Gasteiger partial charge in [-0.15, -0.1) is 11.3 Å². The van der Waals surface area contributed by atoms with E-state index in [2.05, 4.69) is 43.9 Å². The molecule has 1 N–H and O–H groups in total. The number of H-pyrrole nitrogens is 1. The molecule has 1 atom stereocenters. The van der Waals surface area contributed by atoms with E-state index in [1.165, 1.54) is 9.27 Å². The van der Waals surface area contributed by atoms with Crippen LogP contribution in [0.5, 0.6) is 0 Å². The quantitative estimate of drug-likeness (QED) is 0.361. The molecule has 0 unspecified atom stereocenters. The first kappa shape index (κ1) is 18.5. The number of aryl methyl sites for hydroxylation is 1. The highest BCUT2D eigenvalue weighted by Crippen LogP contribution is 2.31. The number of fused-ring (bicyclic) bond motifs is 2. The average Bonchev–Trinajstić information content (AvgIpc) is 3.19. The smallest absolute Gasteiger partial charge is 0.312 e. The average molecular weight is 466 g/mol. The summed E-state index contributed by atoms with van der Waals surface area (Å²) in [5.41, 5.74) is 0.914. The van der Waals surface area contributed by atoms with Crippen LogP contribution in [0.2, 0.25) is 0 Å². The van der Waals surface area contributed by atoms with E-state index >= 15 is 0 Å². The third-order valence-electron chi connectivity index (χ3n) is 4.22. The standard InChI is InChI=1S/C17H16BrN5O2S2/c1-9(8-26-17-19-10-5-3-4-6-11(10)27-17)7-23-12-13(20-15(23)18)22(2)16(25)21-14(12)24/h3-6,9H,7-8H2,1-2H3,(H,21,24,25)/t9-/m1/s1. The third-order valence-corrected chi connectivity index (χ3v) is 7.33. The molecule has 4 aromatic rings. The zero-order chi connectivity index (χ0) is 19.1. The van der Waals surface area contributed by atoms with Crippen LogP contribution in [0.4, 0.5) is 0 Å². The molecule has 1 aromatic carbocycles. The summed E-state index contributed by atoms with van der Waals surface area (Å²) in [6.07, 6.45) is 0. The number of nitrogens with zero attached hydrogens (tertiary/aromatic N) is 4. The van der Waals surface area contributed by atoms with Crippen molar-refractivity contribution < 1.29 is 0 Å². The summed E-state index contributed by atoms with van der Waals surface area (Å²) in [6.45, 7) is 2.73. The molecule has 0 spiro atoms. The second-order valence-corrected chi connectivity index (χ2v) is 9.35. The molecule has 0 saturated carbocycles. The van der Waals surface area contributed by atoms with Crippen molar-refractivity contribution in [2.24, 2.45) is 13.0 Å². The number of hydrogen-bond acceptors (Lipinski definition) is 6. The molecule has 0 aliphatic rings. The van der Waals surface area contributed by atoms with E-state index in [1.54, 1.807) is 30.1 Å². The monoisotopic (exact) mass is 465 g/mol. The lowest BCUT2D eigenvalue weighted by molar-refractivity contribution is 0.532. The fourth-order valence-corrected chi connectivity index (χ4v) is 5.46. The number of para-hydroxylation sites is 1. The number of hydrogen-bond donors (Lipinski definition) is 1. The predicted octanol–water partition coefficient (Wildman–Crippen LogP) is 3.22. The molecule has 0 amide bonds. The van der Waals surface area contributed by atoms with Gasteiger partial charge in [-0.3, -0.25) is 14.3 Å². The van der Waals surface area contributed by atoms with Crippen molar-refractivity contribution in [3.05, 3.63) is 49.8 Å². The minimum Gasteiger partial charge on any atom is -0.312 e. The van der Waals surface area contributed by atoms with Crippen LogP contribution in [-0.4, -0.2) is 29.8 Å². The Kier molecular flexibility index (Phi) is 4.95. The normalized spacial score (nSPS) is 12.9. The van der Waals surface area contributed by atoms with Crippen LogP contribution in [0.25, 0.3) is 21.4 Å². The second kappa shape index (κ2) is 7.25. The zero-order valence-electron chi connectivity index (χ0n) is 14.6. The van der Waals surface area contributed by atoms with Crippen molar-refractivity contribution in [1.29, 1.82) is 0 Å². The Bertz CT molecular complexity index is 1220. The van der Waals surface area contributed by atoms with E-state index in [0.717, 1.165) is 15.6 Å². The summed E-state index contributed by atoms with van der Waals surface area (Å²) in [6, 6.07) is 8.10. The van der Waals surface area contributed by atoms with Gasteiger partial charge in [0.1, 0.15) is 0 Å². The molecule has 0 bridgehead atoms. The molecule has 7 nitrogen and oxygen atoms in total. The SMILES string of the molecule is C[C@@H](CSc1nc2ccccc2s1)Cn1c(Br)nc2c1c(=O)[nH]c(=O)n2C. The van der Waals surface area contributed by atoms with Crippen LogP contribution in [-0.2, 0) is 13.6 Å². The summed E-state index contributed by atoms with van der Waals surface area (Å²) in [5, 5.41) is 0. The van der Waals surface area contributed by atoms with E-state index in [1.807, 2.05) is 22.8 Å². The molecule has 0 aliphatic carbocycles. The van der Waals surface area contributed by atoms with Gasteiger partial charge in [0.25, 0.3) is 5.56 Å². The largest absolute Gasteiger partial charge is 0.329 e. The minimum absolute atomic E-state index is 0.271. The van der Waals surface area contributed by atoms with Crippen LogP contribution in [0.3, 0.4) is 0 Å². The van der Waals surface area contributed by atoms with E-state index in [9.17, 15) is 9.59 Å². The third kappa shape index (κ3) is 3.48. The van der Waals surface area contributed by atoms with Crippen LogP contribution >= 0.6 is 39.0 Å². The molecule has 27 heavy (non-hydrogen) atoms. The van der Waals surface area contributed by atoms with Gasteiger partial charge in [0.15, 0.2) is 20.2 Å². The Morgan fingerprint density at radius 3 is 2.85 bits per heavy atom. The van der Waals surface area contributed by atoms with Crippen molar-refractivity contribution >= 4 is 60.4 Å². The van der Waals surface area contributed by atoms with Crippen LogP contribution in [0.15, 0.2) is 42.9 Å². The van der Waals surface area contributed by atoms with Crippen LogP contribution < -0.4 is 11.2 Å². The van der Waals surface area contributed by atoms with Crippen molar-refractivity contribution in [3.63, 3.8) is 0 Å². The van der Waals surface area contributed by atoms with Crippen molar-refractivity contribution in [2.75, 3.05) is 5.75 Å². The molecular weight excluding hydrogens is 450 g/mol. The Morgan fingerprint density at radius 2 is 2.07 bits per heavy atom. The molecule has 0 aliphatic heterocycles. The number of aromatic amines is 1. The van der Waals surface area contributed by atoms with Gasteiger partial charge in [0.2, 0.25) is 0 Å². The summed E-state index contributed by atoms with van der Waals surface area (Å²) >= 11 is 6.82. The Morgan fingerprint density at radius 1 is 1.30 bits per heavy atom. The van der Waals surface area contributed by atoms with Gasteiger partial charge < -0.3 is 4.57 Å². The number of rotatable bonds is 5. The summed E-state index contributed by atoms with van der Waals surface area (Å²) in [4.78, 5) is 35.4. The first-order valence-electron chi connectivity index (χ1n) is 8.27. The Labute approximate surface area is 170 Å². The van der Waals surface area contributed by atoms with E-state index in [4.69, 9.17) is 0 Å². The Hall–Kier alpha value is -1.91. The molecule has 3 heterocycles. The van der Waals surface area contributed by atoms with Crippen molar-refractivity contribution in [3.8, 4) is 0 Å². The molecule has 3 aromatic heterocycles. The molecule has 0 radical (unpaired) electrons. The summed E-state index contributed by atoms with van der Waals surface area (Å²) in [5.74, 6) is 1.13. The van der Waals surface area contributed by atoms with Crippen LogP contribution in [0.1, 0.15) is 6.92 Å². The number of halogens is 1. The van der Waals surface area contributed by atoms with Gasteiger partial charge in [-0.25, -0.2) is 14.8 Å². The molecule has 140 valence electrons. The lowest BCUT2D eigenvalue weighted by Crippen LogP contribution is -2.29.